The van der Waals surface area contributed by atoms with Gasteiger partial charge in [-0.2, -0.15) is 0 Å². The van der Waals surface area contributed by atoms with Crippen molar-refractivity contribution >= 4 is 23.7 Å². The molecular weight excluding hydrogens is 202 g/mol. The highest BCUT2D eigenvalue weighted by Gasteiger charge is 2.06. The van der Waals surface area contributed by atoms with Crippen LogP contribution in [0.4, 0.5) is 0 Å². The first-order valence-corrected chi connectivity index (χ1v) is 5.43. The maximum absolute atomic E-state index is 5.98. The minimum absolute atomic E-state index is 0. The Morgan fingerprint density at radius 2 is 2.08 bits per heavy atom. The van der Waals surface area contributed by atoms with Gasteiger partial charge in [0, 0.05) is 15.8 Å². The second-order valence-corrected chi connectivity index (χ2v) is 4.25. The third-order valence-electron chi connectivity index (χ3n) is 2.00. The van der Waals surface area contributed by atoms with E-state index < -0.39 is 0 Å². The van der Waals surface area contributed by atoms with Crippen LogP contribution in [0.3, 0.4) is 0 Å². The Kier molecular flexibility index (Phi) is 6.39. The van der Waals surface area contributed by atoms with Crippen molar-refractivity contribution in [3.63, 3.8) is 0 Å². The molecule has 1 heterocycles. The predicted molar refractivity (Wildman–Crippen MR) is 62.8 cm³/mol. The average Bonchev–Trinajstić information content (AvgIpc) is 2.52. The minimum atomic E-state index is 0. The lowest BCUT2D eigenvalue weighted by Crippen LogP contribution is -2.07. The Bertz CT molecular complexity index is 235. The molecule has 13 heavy (non-hydrogen) atoms. The van der Waals surface area contributed by atoms with Gasteiger partial charge in [-0.3, -0.25) is 0 Å². The van der Waals surface area contributed by atoms with Gasteiger partial charge in [-0.05, 0) is 25.0 Å². The summed E-state index contributed by atoms with van der Waals surface area (Å²) in [6.07, 6.45) is 3.40. The molecule has 3 heteroatoms. The van der Waals surface area contributed by atoms with Gasteiger partial charge in [-0.25, -0.2) is 0 Å². The van der Waals surface area contributed by atoms with Crippen LogP contribution in [-0.2, 0) is 6.42 Å². The molecule has 1 rings (SSSR count). The van der Waals surface area contributed by atoms with Gasteiger partial charge in [-0.15, -0.1) is 23.7 Å². The summed E-state index contributed by atoms with van der Waals surface area (Å²) in [4.78, 5) is 2.78. The first kappa shape index (κ1) is 12.9. The van der Waals surface area contributed by atoms with Gasteiger partial charge in [0.25, 0.3) is 0 Å². The molecule has 1 aromatic heterocycles. The third kappa shape index (κ3) is 3.67. The molecular formula is C10H18ClNS. The van der Waals surface area contributed by atoms with E-state index in [1.165, 1.54) is 16.2 Å². The number of halogens is 1. The van der Waals surface area contributed by atoms with Gasteiger partial charge >= 0.3 is 0 Å². The molecule has 0 amide bonds. The summed E-state index contributed by atoms with van der Waals surface area (Å²) in [7, 11) is 0. The van der Waals surface area contributed by atoms with Crippen molar-refractivity contribution in [3.05, 3.63) is 21.9 Å². The van der Waals surface area contributed by atoms with E-state index in [0.717, 1.165) is 12.8 Å². The van der Waals surface area contributed by atoms with E-state index in [1.807, 2.05) is 11.3 Å². The summed E-state index contributed by atoms with van der Waals surface area (Å²) < 4.78 is 0. The molecule has 0 unspecified atom stereocenters. The highest BCUT2D eigenvalue weighted by atomic mass is 35.5. The van der Waals surface area contributed by atoms with Crippen LogP contribution in [0.5, 0.6) is 0 Å². The quantitative estimate of drug-likeness (QED) is 0.824. The molecule has 0 aliphatic carbocycles. The molecule has 0 aliphatic rings. The second-order valence-electron chi connectivity index (χ2n) is 3.05. The summed E-state index contributed by atoms with van der Waals surface area (Å²) >= 11 is 1.86. The van der Waals surface area contributed by atoms with Crippen LogP contribution in [0, 0.1) is 0 Å². The number of hydrogen-bond acceptors (Lipinski definition) is 2. The molecule has 2 N–H and O–H groups in total. The van der Waals surface area contributed by atoms with Crippen LogP contribution in [0.2, 0.25) is 0 Å². The lowest BCUT2D eigenvalue weighted by Gasteiger charge is -2.06. The Morgan fingerprint density at radius 1 is 1.38 bits per heavy atom. The molecule has 0 radical (unpaired) electrons. The minimum Gasteiger partial charge on any atom is -0.323 e. The Morgan fingerprint density at radius 3 is 2.54 bits per heavy atom. The van der Waals surface area contributed by atoms with Crippen LogP contribution in [0.25, 0.3) is 0 Å². The average molecular weight is 220 g/mol. The third-order valence-corrected chi connectivity index (χ3v) is 3.36. The zero-order valence-electron chi connectivity index (χ0n) is 8.25. The molecule has 0 aliphatic heterocycles. The van der Waals surface area contributed by atoms with Crippen LogP contribution in [0.1, 0.15) is 42.5 Å². The fourth-order valence-corrected chi connectivity index (χ4v) is 2.23. The molecule has 0 saturated heterocycles. The highest BCUT2D eigenvalue weighted by Crippen LogP contribution is 2.24. The molecule has 0 spiro atoms. The van der Waals surface area contributed by atoms with Crippen LogP contribution >= 0.6 is 23.7 Å². The van der Waals surface area contributed by atoms with E-state index in [-0.39, 0.29) is 18.4 Å². The lowest BCUT2D eigenvalue weighted by atomic mass is 10.1. The molecule has 0 fully saturated rings. The summed E-state index contributed by atoms with van der Waals surface area (Å²) in [6, 6.07) is 4.62. The maximum Gasteiger partial charge on any atom is 0.0389 e. The standard InChI is InChI=1S/C10H17NS.ClH/c1-3-5-9(11)10-7-6-8(4-2)12-10;/h6-7,9H,3-5,11H2,1-2H3;1H/t9-;/m0./s1. The van der Waals surface area contributed by atoms with Crippen LogP contribution < -0.4 is 5.73 Å². The Labute approximate surface area is 90.8 Å². The predicted octanol–water partition coefficient (Wildman–Crippen LogP) is 3.53. The van der Waals surface area contributed by atoms with Crippen LogP contribution in [0.15, 0.2) is 12.1 Å². The number of thiophene rings is 1. The molecule has 76 valence electrons. The van der Waals surface area contributed by atoms with E-state index in [9.17, 15) is 0 Å². The monoisotopic (exact) mass is 219 g/mol. The first-order chi connectivity index (χ1) is 5.77. The number of nitrogens with two attached hydrogens (primary N) is 1. The van der Waals surface area contributed by atoms with Crippen molar-refractivity contribution in [2.45, 2.75) is 39.2 Å². The normalized spacial score (nSPS) is 12.2. The molecule has 0 bridgehead atoms. The van der Waals surface area contributed by atoms with Gasteiger partial charge in [0.15, 0.2) is 0 Å². The fourth-order valence-electron chi connectivity index (χ4n) is 1.24. The molecule has 0 saturated carbocycles. The van der Waals surface area contributed by atoms with Gasteiger partial charge < -0.3 is 5.73 Å². The van der Waals surface area contributed by atoms with Gasteiger partial charge in [0.1, 0.15) is 0 Å². The molecule has 0 aromatic carbocycles. The van der Waals surface area contributed by atoms with Crippen LogP contribution in [-0.4, -0.2) is 0 Å². The molecule has 1 aromatic rings. The van der Waals surface area contributed by atoms with Crippen molar-refractivity contribution in [2.75, 3.05) is 0 Å². The Balaban J connectivity index is 0.00000144. The number of hydrogen-bond donors (Lipinski definition) is 1. The lowest BCUT2D eigenvalue weighted by molar-refractivity contribution is 0.648. The topological polar surface area (TPSA) is 26.0 Å². The zero-order valence-corrected chi connectivity index (χ0v) is 9.88. The van der Waals surface area contributed by atoms with E-state index in [4.69, 9.17) is 5.73 Å². The van der Waals surface area contributed by atoms with Gasteiger partial charge in [-0.1, -0.05) is 20.3 Å². The molecule has 1 nitrogen and oxygen atoms in total. The summed E-state index contributed by atoms with van der Waals surface area (Å²) in [6.45, 7) is 4.36. The van der Waals surface area contributed by atoms with Crippen molar-refractivity contribution in [1.29, 1.82) is 0 Å². The molecule has 1 atom stereocenters. The van der Waals surface area contributed by atoms with Crippen molar-refractivity contribution in [2.24, 2.45) is 5.73 Å². The van der Waals surface area contributed by atoms with Crippen molar-refractivity contribution in [1.82, 2.24) is 0 Å². The fraction of sp³-hybridized carbons (Fsp3) is 0.600. The second kappa shape index (κ2) is 6.41. The summed E-state index contributed by atoms with van der Waals surface area (Å²) in [5.74, 6) is 0. The van der Waals surface area contributed by atoms with E-state index in [0.29, 0.717) is 0 Å². The number of rotatable bonds is 4. The van der Waals surface area contributed by atoms with E-state index in [1.54, 1.807) is 0 Å². The van der Waals surface area contributed by atoms with Crippen molar-refractivity contribution < 1.29 is 0 Å². The Hall–Kier alpha value is -0.0500. The van der Waals surface area contributed by atoms with E-state index in [2.05, 4.69) is 26.0 Å². The van der Waals surface area contributed by atoms with Gasteiger partial charge in [0.2, 0.25) is 0 Å². The largest absolute Gasteiger partial charge is 0.323 e. The van der Waals surface area contributed by atoms with Crippen molar-refractivity contribution in [3.8, 4) is 0 Å². The summed E-state index contributed by atoms with van der Waals surface area (Å²) in [5.41, 5.74) is 5.98. The number of aryl methyl sites for hydroxylation is 1. The maximum atomic E-state index is 5.98. The smallest absolute Gasteiger partial charge is 0.0389 e. The van der Waals surface area contributed by atoms with E-state index >= 15 is 0 Å². The summed E-state index contributed by atoms with van der Waals surface area (Å²) in [5, 5.41) is 0. The SMILES string of the molecule is CCC[C@H](N)c1ccc(CC)s1.Cl. The zero-order chi connectivity index (χ0) is 8.97. The first-order valence-electron chi connectivity index (χ1n) is 4.62. The highest BCUT2D eigenvalue weighted by molar-refractivity contribution is 7.12. The van der Waals surface area contributed by atoms with Gasteiger partial charge in [0.05, 0.1) is 0 Å².